The number of fused-ring (bicyclic) bond motifs is 1. The third-order valence-electron chi connectivity index (χ3n) is 3.05. The lowest BCUT2D eigenvalue weighted by molar-refractivity contribution is -0.384. The molecule has 0 saturated heterocycles. The molecule has 0 saturated carbocycles. The van der Waals surface area contributed by atoms with Gasteiger partial charge in [0.1, 0.15) is 5.02 Å². The molecule has 120 valence electrons. The number of nitrogens with zero attached hydrogens (tertiary/aromatic N) is 1. The molecule has 1 aliphatic heterocycles. The molecule has 0 aromatic heterocycles. The normalized spacial score (nSPS) is 12.9. The number of hydrogen-bond donors (Lipinski definition) is 1. The molecule has 0 fully saturated rings. The second-order valence-corrected chi connectivity index (χ2v) is 6.63. The molecular weight excluding hydrogens is 348 g/mol. The summed E-state index contributed by atoms with van der Waals surface area (Å²) < 4.78 is 37.3. The van der Waals surface area contributed by atoms with Gasteiger partial charge in [0.05, 0.1) is 15.5 Å². The molecule has 0 radical (unpaired) electrons. The molecule has 23 heavy (non-hydrogen) atoms. The van der Waals surface area contributed by atoms with Crippen LogP contribution in [0.15, 0.2) is 41.3 Å². The zero-order chi connectivity index (χ0) is 16.6. The topological polar surface area (TPSA) is 108 Å². The van der Waals surface area contributed by atoms with E-state index in [2.05, 4.69) is 4.72 Å². The van der Waals surface area contributed by atoms with E-state index in [1.165, 1.54) is 18.2 Å². The molecule has 0 spiro atoms. The third kappa shape index (κ3) is 3.01. The molecule has 8 nitrogen and oxygen atoms in total. The molecule has 0 unspecified atom stereocenters. The smallest absolute Gasteiger partial charge is 0.289 e. The monoisotopic (exact) mass is 356 g/mol. The fourth-order valence-electron chi connectivity index (χ4n) is 1.97. The van der Waals surface area contributed by atoms with E-state index in [0.29, 0.717) is 11.5 Å². The predicted octanol–water partition coefficient (Wildman–Crippen LogP) is 2.78. The Balaban J connectivity index is 1.93. The summed E-state index contributed by atoms with van der Waals surface area (Å²) in [5, 5.41) is 10.7. The van der Waals surface area contributed by atoms with Crippen molar-refractivity contribution in [3.05, 3.63) is 51.5 Å². The molecule has 0 bridgehead atoms. The Labute approximate surface area is 135 Å². The second-order valence-electron chi connectivity index (χ2n) is 4.54. The number of benzene rings is 2. The maximum absolute atomic E-state index is 12.3. The number of nitro benzene ring substituents is 1. The molecule has 1 aliphatic rings. The zero-order valence-corrected chi connectivity index (χ0v) is 12.9. The first-order valence-corrected chi connectivity index (χ1v) is 8.09. The van der Waals surface area contributed by atoms with Gasteiger partial charge in [-0.3, -0.25) is 14.8 Å². The summed E-state index contributed by atoms with van der Waals surface area (Å²) in [7, 11) is -4.01. The zero-order valence-electron chi connectivity index (χ0n) is 11.4. The van der Waals surface area contributed by atoms with Crippen LogP contribution in [0.4, 0.5) is 11.4 Å². The van der Waals surface area contributed by atoms with Crippen LogP contribution < -0.4 is 14.2 Å². The van der Waals surface area contributed by atoms with E-state index in [0.717, 1.165) is 12.1 Å². The van der Waals surface area contributed by atoms with Crippen molar-refractivity contribution in [1.29, 1.82) is 0 Å². The van der Waals surface area contributed by atoms with E-state index in [4.69, 9.17) is 21.1 Å². The fourth-order valence-corrected chi connectivity index (χ4v) is 3.23. The summed E-state index contributed by atoms with van der Waals surface area (Å²) >= 11 is 5.68. The molecule has 10 heteroatoms. The van der Waals surface area contributed by atoms with Gasteiger partial charge in [-0.15, -0.1) is 0 Å². The van der Waals surface area contributed by atoms with Crippen LogP contribution in [0.5, 0.6) is 11.5 Å². The number of nitrogens with one attached hydrogen (secondary N) is 1. The van der Waals surface area contributed by atoms with Gasteiger partial charge in [-0.2, -0.15) is 0 Å². The van der Waals surface area contributed by atoms with Crippen molar-refractivity contribution < 1.29 is 22.8 Å². The lowest BCUT2D eigenvalue weighted by Crippen LogP contribution is -2.13. The molecule has 2 aromatic rings. The van der Waals surface area contributed by atoms with Crippen LogP contribution in [0.2, 0.25) is 5.02 Å². The van der Waals surface area contributed by atoms with E-state index in [-0.39, 0.29) is 22.4 Å². The first-order chi connectivity index (χ1) is 10.9. The predicted molar refractivity (Wildman–Crippen MR) is 81.5 cm³/mol. The molecule has 3 rings (SSSR count). The SMILES string of the molecule is O=[N+]([O-])c1cc(S(=O)(=O)Nc2ccc3c(c2)OCO3)ccc1Cl. The summed E-state index contributed by atoms with van der Waals surface area (Å²) in [6.07, 6.45) is 0. The Morgan fingerprint density at radius 2 is 1.87 bits per heavy atom. The van der Waals surface area contributed by atoms with E-state index < -0.39 is 20.6 Å². The molecule has 1 N–H and O–H groups in total. The highest BCUT2D eigenvalue weighted by Crippen LogP contribution is 2.35. The minimum Gasteiger partial charge on any atom is -0.454 e. The van der Waals surface area contributed by atoms with Crippen LogP contribution in [0, 0.1) is 10.1 Å². The quantitative estimate of drug-likeness (QED) is 0.666. The largest absolute Gasteiger partial charge is 0.454 e. The van der Waals surface area contributed by atoms with E-state index in [1.54, 1.807) is 6.07 Å². The van der Waals surface area contributed by atoms with Crippen LogP contribution in [-0.2, 0) is 10.0 Å². The van der Waals surface area contributed by atoms with Crippen molar-refractivity contribution >= 4 is 33.0 Å². The Bertz CT molecular complexity index is 899. The molecule has 0 aliphatic carbocycles. The second kappa shape index (κ2) is 5.60. The lowest BCUT2D eigenvalue weighted by atomic mass is 10.3. The third-order valence-corrected chi connectivity index (χ3v) is 4.75. The van der Waals surface area contributed by atoms with Crippen molar-refractivity contribution in [3.63, 3.8) is 0 Å². The van der Waals surface area contributed by atoms with Crippen LogP contribution in [0.1, 0.15) is 0 Å². The van der Waals surface area contributed by atoms with Crippen molar-refractivity contribution in [2.45, 2.75) is 4.90 Å². The van der Waals surface area contributed by atoms with Crippen LogP contribution >= 0.6 is 11.6 Å². The molecule has 1 heterocycles. The van der Waals surface area contributed by atoms with Crippen molar-refractivity contribution in [2.24, 2.45) is 0 Å². The molecular formula is C13H9ClN2O6S. The summed E-state index contributed by atoms with van der Waals surface area (Å²) in [6.45, 7) is 0.0644. The first-order valence-electron chi connectivity index (χ1n) is 6.23. The van der Waals surface area contributed by atoms with Crippen molar-refractivity contribution in [3.8, 4) is 11.5 Å². The van der Waals surface area contributed by atoms with E-state index in [1.807, 2.05) is 0 Å². The van der Waals surface area contributed by atoms with E-state index in [9.17, 15) is 18.5 Å². The fraction of sp³-hybridized carbons (Fsp3) is 0.0769. The Morgan fingerprint density at radius 3 is 2.61 bits per heavy atom. The number of anilines is 1. The van der Waals surface area contributed by atoms with Gasteiger partial charge in [-0.25, -0.2) is 8.42 Å². The van der Waals surface area contributed by atoms with Crippen LogP contribution in [0.25, 0.3) is 0 Å². The summed E-state index contributed by atoms with van der Waals surface area (Å²) in [5.41, 5.74) is -0.243. The minimum absolute atomic E-state index is 0.0644. The molecule has 0 atom stereocenters. The maximum atomic E-state index is 12.3. The Hall–Kier alpha value is -2.52. The highest BCUT2D eigenvalue weighted by molar-refractivity contribution is 7.92. The number of sulfonamides is 1. The summed E-state index contributed by atoms with van der Waals surface area (Å²) in [4.78, 5) is 9.84. The first kappa shape index (κ1) is 15.4. The van der Waals surface area contributed by atoms with Crippen molar-refractivity contribution in [1.82, 2.24) is 0 Å². The Kier molecular flexibility index (Phi) is 3.74. The van der Waals surface area contributed by atoms with Crippen LogP contribution in [-0.4, -0.2) is 20.1 Å². The standard InChI is InChI=1S/C13H9ClN2O6S/c14-10-3-2-9(6-11(10)16(17)18)23(19,20)15-8-1-4-12-13(5-8)22-7-21-12/h1-6,15H,7H2. The summed E-state index contributed by atoms with van der Waals surface area (Å²) in [5.74, 6) is 0.919. The number of nitro groups is 1. The number of hydrogen-bond acceptors (Lipinski definition) is 6. The number of ether oxygens (including phenoxy) is 2. The maximum Gasteiger partial charge on any atom is 0.289 e. The van der Waals surface area contributed by atoms with Gasteiger partial charge in [-0.1, -0.05) is 11.6 Å². The van der Waals surface area contributed by atoms with Gasteiger partial charge < -0.3 is 9.47 Å². The number of rotatable bonds is 4. The van der Waals surface area contributed by atoms with Gasteiger partial charge in [0.15, 0.2) is 11.5 Å². The lowest BCUT2D eigenvalue weighted by Gasteiger charge is -2.09. The van der Waals surface area contributed by atoms with Gasteiger partial charge in [-0.05, 0) is 24.3 Å². The minimum atomic E-state index is -4.01. The van der Waals surface area contributed by atoms with Gasteiger partial charge in [0.2, 0.25) is 6.79 Å². The average Bonchev–Trinajstić information content (AvgIpc) is 2.94. The highest BCUT2D eigenvalue weighted by atomic mass is 35.5. The van der Waals surface area contributed by atoms with Gasteiger partial charge in [0, 0.05) is 12.1 Å². The van der Waals surface area contributed by atoms with E-state index >= 15 is 0 Å². The van der Waals surface area contributed by atoms with Gasteiger partial charge in [0.25, 0.3) is 15.7 Å². The molecule has 0 amide bonds. The number of halogens is 1. The highest BCUT2D eigenvalue weighted by Gasteiger charge is 2.22. The average molecular weight is 357 g/mol. The Morgan fingerprint density at radius 1 is 1.13 bits per heavy atom. The van der Waals surface area contributed by atoms with Crippen LogP contribution in [0.3, 0.4) is 0 Å². The summed E-state index contributed by atoms with van der Waals surface area (Å²) in [6, 6.07) is 7.76. The molecule has 2 aromatic carbocycles. The van der Waals surface area contributed by atoms with Crippen molar-refractivity contribution in [2.75, 3.05) is 11.5 Å². The van der Waals surface area contributed by atoms with Gasteiger partial charge >= 0.3 is 0 Å².